The van der Waals surface area contributed by atoms with Gasteiger partial charge < -0.3 is 14.6 Å². The highest BCUT2D eigenvalue weighted by Gasteiger charge is 2.17. The second-order valence-electron chi connectivity index (χ2n) is 9.70. The number of carbonyl (C=O) groups excluding carboxylic acids is 3. The van der Waals surface area contributed by atoms with E-state index < -0.39 is 23.4 Å². The monoisotopic (exact) mass is 488 g/mol. The van der Waals surface area contributed by atoms with E-state index in [1.807, 2.05) is 0 Å². The minimum atomic E-state index is -0.560. The van der Waals surface area contributed by atoms with Crippen molar-refractivity contribution in [3.8, 4) is 0 Å². The number of nitrogens with one attached hydrogen (secondary N) is 2. The summed E-state index contributed by atoms with van der Waals surface area (Å²) in [5, 5.41) is 13.9. The van der Waals surface area contributed by atoms with Gasteiger partial charge in [0.1, 0.15) is 28.6 Å². The lowest BCUT2D eigenvalue weighted by Crippen LogP contribution is -2.27. The van der Waals surface area contributed by atoms with E-state index in [-0.39, 0.29) is 12.4 Å². The van der Waals surface area contributed by atoms with Crippen molar-refractivity contribution in [2.24, 2.45) is 0 Å². The number of hydrogen-bond acceptors (Lipinski definition) is 8. The van der Waals surface area contributed by atoms with E-state index in [1.165, 1.54) is 6.92 Å². The van der Waals surface area contributed by atoms with Crippen LogP contribution in [0.25, 0.3) is 0 Å². The second kappa shape index (κ2) is 13.4. The minimum Gasteiger partial charge on any atom is -0.444 e. The first-order valence-electron chi connectivity index (χ1n) is 11.2. The number of pyridine rings is 2. The van der Waals surface area contributed by atoms with Gasteiger partial charge in [0.15, 0.2) is 0 Å². The van der Waals surface area contributed by atoms with Gasteiger partial charge in [-0.25, -0.2) is 19.6 Å². The molecule has 35 heavy (non-hydrogen) atoms. The van der Waals surface area contributed by atoms with Crippen molar-refractivity contribution in [1.29, 1.82) is 0 Å². The first kappa shape index (κ1) is 29.5. The Kier molecular flexibility index (Phi) is 11.3. The molecule has 0 aromatic carbocycles. The maximum absolute atomic E-state index is 11.5. The molecule has 0 saturated heterocycles. The largest absolute Gasteiger partial charge is 0.444 e. The van der Waals surface area contributed by atoms with Gasteiger partial charge in [0, 0.05) is 25.4 Å². The van der Waals surface area contributed by atoms with Crippen LogP contribution in [0.1, 0.15) is 59.6 Å². The van der Waals surface area contributed by atoms with Gasteiger partial charge >= 0.3 is 12.2 Å². The summed E-state index contributed by atoms with van der Waals surface area (Å²) in [5.74, 6) is 0.859. The molecule has 2 amide bonds. The third-order valence-corrected chi connectivity index (χ3v) is 3.76. The Labute approximate surface area is 206 Å². The molecule has 0 unspecified atom stereocenters. The van der Waals surface area contributed by atoms with Crippen molar-refractivity contribution in [1.82, 2.24) is 9.97 Å². The van der Waals surface area contributed by atoms with E-state index in [0.29, 0.717) is 24.5 Å². The van der Waals surface area contributed by atoms with Gasteiger partial charge in [-0.1, -0.05) is 0 Å². The number of Topliss-reactive ketones (excluding diaryl/α,β-unsaturated/α-hetero) is 1. The number of aliphatic hydroxyl groups is 1. The van der Waals surface area contributed by atoms with Crippen LogP contribution in [0.5, 0.6) is 0 Å². The fraction of sp³-hybridized carbons (Fsp3) is 0.480. The fourth-order valence-corrected chi connectivity index (χ4v) is 2.58. The van der Waals surface area contributed by atoms with Crippen molar-refractivity contribution in [3.05, 3.63) is 47.8 Å². The number of carbonyl (C=O) groups is 3. The molecule has 2 heterocycles. The molecule has 0 spiro atoms. The molecule has 0 aliphatic heterocycles. The number of rotatable bonds is 6. The lowest BCUT2D eigenvalue weighted by Gasteiger charge is -2.19. The van der Waals surface area contributed by atoms with E-state index in [0.717, 1.165) is 11.1 Å². The number of hydrogen-bond donors (Lipinski definition) is 3. The zero-order chi connectivity index (χ0) is 26.6. The SMILES string of the molecule is CC(=O)Cc1ccnc(NC(=O)OC(C)(C)C)c1.CC(C)(C)OC(=O)Nc1cc(CCO)ccn1. The average molecular weight is 489 g/mol. The molecular formula is C25H36N4O6. The van der Waals surface area contributed by atoms with Gasteiger partial charge in [-0.15, -0.1) is 0 Å². The van der Waals surface area contributed by atoms with Crippen LogP contribution in [0, 0.1) is 0 Å². The van der Waals surface area contributed by atoms with Crippen molar-refractivity contribution >= 4 is 29.6 Å². The van der Waals surface area contributed by atoms with Crippen LogP contribution in [0.4, 0.5) is 21.2 Å². The van der Waals surface area contributed by atoms with Crippen LogP contribution in [0.3, 0.4) is 0 Å². The summed E-state index contributed by atoms with van der Waals surface area (Å²) < 4.78 is 10.2. The summed E-state index contributed by atoms with van der Waals surface area (Å²) in [5.41, 5.74) is 0.630. The number of anilines is 2. The predicted octanol–water partition coefficient (Wildman–Crippen LogP) is 4.52. The maximum Gasteiger partial charge on any atom is 0.413 e. The number of nitrogens with zero attached hydrogens (tertiary/aromatic N) is 2. The van der Waals surface area contributed by atoms with Crippen LogP contribution in [-0.4, -0.2) is 50.9 Å². The molecule has 2 aromatic rings. The van der Waals surface area contributed by atoms with E-state index in [2.05, 4.69) is 20.6 Å². The fourth-order valence-electron chi connectivity index (χ4n) is 2.58. The summed E-state index contributed by atoms with van der Waals surface area (Å²) in [4.78, 5) is 42.0. The summed E-state index contributed by atoms with van der Waals surface area (Å²) in [6.07, 6.45) is 2.89. The minimum absolute atomic E-state index is 0.0596. The molecule has 0 saturated carbocycles. The summed E-state index contributed by atoms with van der Waals surface area (Å²) in [6, 6.07) is 6.89. The maximum atomic E-state index is 11.5. The van der Waals surface area contributed by atoms with Gasteiger partial charge in [0.2, 0.25) is 0 Å². The Morgan fingerprint density at radius 3 is 1.66 bits per heavy atom. The Hall–Kier alpha value is -3.53. The third-order valence-electron chi connectivity index (χ3n) is 3.76. The van der Waals surface area contributed by atoms with Crippen molar-refractivity contribution in [2.75, 3.05) is 17.2 Å². The molecule has 0 aliphatic rings. The first-order chi connectivity index (χ1) is 16.2. The number of ketones is 1. The molecule has 0 aliphatic carbocycles. The normalized spacial score (nSPS) is 11.0. The number of aromatic nitrogens is 2. The quantitative estimate of drug-likeness (QED) is 0.539. The average Bonchev–Trinajstić information content (AvgIpc) is 2.65. The van der Waals surface area contributed by atoms with Crippen LogP contribution in [-0.2, 0) is 27.1 Å². The van der Waals surface area contributed by atoms with Crippen LogP contribution >= 0.6 is 0 Å². The predicted molar refractivity (Wildman–Crippen MR) is 133 cm³/mol. The molecule has 2 aromatic heterocycles. The smallest absolute Gasteiger partial charge is 0.413 e. The van der Waals surface area contributed by atoms with E-state index in [1.54, 1.807) is 78.2 Å². The summed E-state index contributed by atoms with van der Waals surface area (Å²) >= 11 is 0. The molecule has 0 atom stereocenters. The number of aliphatic hydroxyl groups excluding tert-OH is 1. The molecule has 2 rings (SSSR count). The number of ether oxygens (including phenoxy) is 2. The molecular weight excluding hydrogens is 452 g/mol. The highest BCUT2D eigenvalue weighted by Crippen LogP contribution is 2.13. The standard InChI is InChI=1S/C13H18N2O3.C12H18N2O3/c1-9(16)7-10-5-6-14-11(8-10)15-12(17)18-13(2,3)4;1-12(2,3)17-11(16)14-10-8-9(5-7-15)4-6-13-10/h5-6,8H,7H2,1-4H3,(H,14,15,17);4,6,8,15H,5,7H2,1-3H3,(H,13,14,16). The molecule has 0 radical (unpaired) electrons. The highest BCUT2D eigenvalue weighted by atomic mass is 16.6. The number of amides is 2. The Balaban J connectivity index is 0.000000351. The molecule has 3 N–H and O–H groups in total. The van der Waals surface area contributed by atoms with E-state index in [9.17, 15) is 14.4 Å². The molecule has 0 bridgehead atoms. The Morgan fingerprint density at radius 1 is 0.829 bits per heavy atom. The Morgan fingerprint density at radius 2 is 1.26 bits per heavy atom. The lowest BCUT2D eigenvalue weighted by atomic mass is 10.1. The van der Waals surface area contributed by atoms with Crippen molar-refractivity contribution in [3.63, 3.8) is 0 Å². The van der Waals surface area contributed by atoms with Crippen LogP contribution < -0.4 is 10.6 Å². The van der Waals surface area contributed by atoms with E-state index in [4.69, 9.17) is 14.6 Å². The van der Waals surface area contributed by atoms with Gasteiger partial charge in [-0.2, -0.15) is 0 Å². The Bertz CT molecular complexity index is 996. The van der Waals surface area contributed by atoms with Crippen molar-refractivity contribution in [2.45, 2.75) is 72.5 Å². The van der Waals surface area contributed by atoms with Crippen molar-refractivity contribution < 1.29 is 29.0 Å². The molecule has 192 valence electrons. The zero-order valence-corrected chi connectivity index (χ0v) is 21.5. The van der Waals surface area contributed by atoms with Gasteiger partial charge in [-0.05, 0) is 90.3 Å². The van der Waals surface area contributed by atoms with Gasteiger partial charge in [0.05, 0.1) is 0 Å². The summed E-state index contributed by atoms with van der Waals surface area (Å²) in [6.45, 7) is 12.3. The molecule has 10 nitrogen and oxygen atoms in total. The first-order valence-corrected chi connectivity index (χ1v) is 11.2. The van der Waals surface area contributed by atoms with Gasteiger partial charge in [0.25, 0.3) is 0 Å². The van der Waals surface area contributed by atoms with Crippen LogP contribution in [0.15, 0.2) is 36.7 Å². The summed E-state index contributed by atoms with van der Waals surface area (Å²) in [7, 11) is 0. The zero-order valence-electron chi connectivity index (χ0n) is 21.5. The van der Waals surface area contributed by atoms with E-state index >= 15 is 0 Å². The molecule has 10 heteroatoms. The topological polar surface area (TPSA) is 140 Å². The molecule has 0 fully saturated rings. The third kappa shape index (κ3) is 14.4. The van der Waals surface area contributed by atoms with Gasteiger partial charge in [-0.3, -0.25) is 15.4 Å². The lowest BCUT2D eigenvalue weighted by molar-refractivity contribution is -0.116. The highest BCUT2D eigenvalue weighted by molar-refractivity contribution is 5.84. The second-order valence-corrected chi connectivity index (χ2v) is 9.70. The van der Waals surface area contributed by atoms with Crippen LogP contribution in [0.2, 0.25) is 0 Å².